The van der Waals surface area contributed by atoms with Gasteiger partial charge < -0.3 is 10.6 Å². The standard InChI is InChI=1S/C26H29N5/c1-15(2)26-16(3)29-24-14-28-23(13-21(24)26)20-8-10-22-19(20)9-11-25(31-22)30-18-7-5-6-17(12-18)27-4/h7-9,11-15,26-27H,5-6,10H2,1-4H3,(H,30,31). The van der Waals surface area contributed by atoms with Crippen molar-refractivity contribution in [2.24, 2.45) is 10.9 Å². The Bertz CT molecular complexity index is 1170. The summed E-state index contributed by atoms with van der Waals surface area (Å²) in [6.45, 7) is 6.65. The first-order valence-electron chi connectivity index (χ1n) is 11.1. The molecule has 5 nitrogen and oxygen atoms in total. The highest BCUT2D eigenvalue weighted by Gasteiger charge is 2.29. The van der Waals surface area contributed by atoms with E-state index < -0.39 is 0 Å². The summed E-state index contributed by atoms with van der Waals surface area (Å²) >= 11 is 0. The molecule has 2 aromatic rings. The van der Waals surface area contributed by atoms with Gasteiger partial charge in [0.25, 0.3) is 0 Å². The van der Waals surface area contributed by atoms with Crippen molar-refractivity contribution in [1.29, 1.82) is 0 Å². The monoisotopic (exact) mass is 411 g/mol. The third kappa shape index (κ3) is 3.58. The first-order chi connectivity index (χ1) is 15.0. The summed E-state index contributed by atoms with van der Waals surface area (Å²) in [4.78, 5) is 14.4. The van der Waals surface area contributed by atoms with Crippen LogP contribution in [0, 0.1) is 5.92 Å². The molecular formula is C26H29N5. The Balaban J connectivity index is 1.40. The fourth-order valence-corrected chi connectivity index (χ4v) is 4.94. The number of rotatable bonds is 5. The highest BCUT2D eigenvalue weighted by molar-refractivity contribution is 5.97. The van der Waals surface area contributed by atoms with E-state index in [1.165, 1.54) is 28.1 Å². The summed E-state index contributed by atoms with van der Waals surface area (Å²) in [6, 6.07) is 6.48. The number of pyridine rings is 2. The molecule has 0 spiro atoms. The van der Waals surface area contributed by atoms with Crippen molar-refractivity contribution in [2.45, 2.75) is 46.0 Å². The van der Waals surface area contributed by atoms with Crippen molar-refractivity contribution in [1.82, 2.24) is 15.3 Å². The Morgan fingerprint density at radius 2 is 2.03 bits per heavy atom. The maximum absolute atomic E-state index is 4.90. The fraction of sp³-hybridized carbons (Fsp3) is 0.346. The molecule has 31 heavy (non-hydrogen) atoms. The van der Waals surface area contributed by atoms with Gasteiger partial charge in [-0.1, -0.05) is 26.0 Å². The van der Waals surface area contributed by atoms with Gasteiger partial charge in [0.2, 0.25) is 0 Å². The highest BCUT2D eigenvalue weighted by atomic mass is 15.0. The molecular weight excluding hydrogens is 382 g/mol. The summed E-state index contributed by atoms with van der Waals surface area (Å²) in [5.41, 5.74) is 10.3. The summed E-state index contributed by atoms with van der Waals surface area (Å²) in [5.74, 6) is 1.79. The van der Waals surface area contributed by atoms with E-state index in [9.17, 15) is 0 Å². The van der Waals surface area contributed by atoms with Gasteiger partial charge in [0.05, 0.1) is 23.3 Å². The van der Waals surface area contributed by atoms with E-state index in [0.29, 0.717) is 11.8 Å². The SMILES string of the molecule is CNC1=CC(Nc2ccc3c(n2)CC=C3c2cc3c(cn2)N=C(C)C3C(C)C)=CCC1. The number of allylic oxidation sites excluding steroid dienone is 4. The molecule has 0 bridgehead atoms. The van der Waals surface area contributed by atoms with E-state index in [2.05, 4.69) is 67.8 Å². The van der Waals surface area contributed by atoms with Crippen molar-refractivity contribution in [3.05, 3.63) is 76.5 Å². The molecule has 0 saturated heterocycles. The number of aliphatic imine (C=N–C) groups is 1. The second-order valence-electron chi connectivity index (χ2n) is 8.86. The molecule has 2 aliphatic carbocycles. The number of anilines is 1. The van der Waals surface area contributed by atoms with Gasteiger partial charge in [-0.3, -0.25) is 9.98 Å². The normalized spacial score (nSPS) is 19.3. The lowest BCUT2D eigenvalue weighted by Gasteiger charge is -2.17. The molecule has 2 N–H and O–H groups in total. The second kappa shape index (κ2) is 7.80. The first-order valence-corrected chi connectivity index (χ1v) is 11.1. The number of hydrogen-bond donors (Lipinski definition) is 2. The Kier molecular flexibility index (Phi) is 4.97. The molecule has 5 heteroatoms. The lowest BCUT2D eigenvalue weighted by atomic mass is 9.86. The third-order valence-corrected chi connectivity index (χ3v) is 6.40. The summed E-state index contributed by atoms with van der Waals surface area (Å²) < 4.78 is 0. The lowest BCUT2D eigenvalue weighted by molar-refractivity contribution is 0.608. The van der Waals surface area contributed by atoms with Crippen LogP contribution < -0.4 is 10.6 Å². The third-order valence-electron chi connectivity index (χ3n) is 6.40. The number of hydrogen-bond acceptors (Lipinski definition) is 5. The Morgan fingerprint density at radius 1 is 1.16 bits per heavy atom. The van der Waals surface area contributed by atoms with Crippen LogP contribution in [0.2, 0.25) is 0 Å². The molecule has 5 rings (SSSR count). The maximum Gasteiger partial charge on any atom is 0.130 e. The van der Waals surface area contributed by atoms with Gasteiger partial charge in [-0.05, 0) is 55.5 Å². The predicted octanol–water partition coefficient (Wildman–Crippen LogP) is 5.50. The summed E-state index contributed by atoms with van der Waals surface area (Å²) in [7, 11) is 1.97. The van der Waals surface area contributed by atoms with Gasteiger partial charge in [-0.2, -0.15) is 0 Å². The number of aromatic nitrogens is 2. The van der Waals surface area contributed by atoms with Crippen LogP contribution in [0.25, 0.3) is 5.57 Å². The van der Waals surface area contributed by atoms with Crippen LogP contribution in [0.15, 0.2) is 59.0 Å². The zero-order valence-electron chi connectivity index (χ0n) is 18.7. The minimum absolute atomic E-state index is 0.377. The van der Waals surface area contributed by atoms with E-state index >= 15 is 0 Å². The van der Waals surface area contributed by atoms with Crippen LogP contribution in [0.5, 0.6) is 0 Å². The lowest BCUT2D eigenvalue weighted by Crippen LogP contribution is -2.12. The van der Waals surface area contributed by atoms with Crippen molar-refractivity contribution >= 4 is 22.8 Å². The topological polar surface area (TPSA) is 62.2 Å². The molecule has 0 saturated carbocycles. The molecule has 1 atom stereocenters. The van der Waals surface area contributed by atoms with E-state index in [0.717, 1.165) is 47.9 Å². The van der Waals surface area contributed by atoms with E-state index in [-0.39, 0.29) is 0 Å². The predicted molar refractivity (Wildman–Crippen MR) is 128 cm³/mol. The van der Waals surface area contributed by atoms with Gasteiger partial charge in [0, 0.05) is 47.6 Å². The Hall–Kier alpha value is -3.21. The van der Waals surface area contributed by atoms with Gasteiger partial charge in [-0.25, -0.2) is 4.98 Å². The molecule has 3 heterocycles. The van der Waals surface area contributed by atoms with Crippen LogP contribution in [0.1, 0.15) is 62.0 Å². The quantitative estimate of drug-likeness (QED) is 0.682. The molecule has 0 aromatic carbocycles. The molecule has 1 aliphatic heterocycles. The maximum atomic E-state index is 4.90. The minimum Gasteiger partial charge on any atom is -0.391 e. The molecule has 3 aliphatic rings. The highest BCUT2D eigenvalue weighted by Crippen LogP contribution is 2.41. The zero-order valence-corrected chi connectivity index (χ0v) is 18.7. The van der Waals surface area contributed by atoms with E-state index in [4.69, 9.17) is 15.0 Å². The first kappa shape index (κ1) is 19.7. The van der Waals surface area contributed by atoms with Gasteiger partial charge in [0.1, 0.15) is 5.82 Å². The average molecular weight is 412 g/mol. The van der Waals surface area contributed by atoms with Crippen LogP contribution in [0.3, 0.4) is 0 Å². The van der Waals surface area contributed by atoms with E-state index in [1.54, 1.807) is 0 Å². The summed E-state index contributed by atoms with van der Waals surface area (Å²) in [5, 5.41) is 6.72. The number of nitrogens with one attached hydrogen (secondary N) is 2. The molecule has 0 radical (unpaired) electrons. The molecule has 2 aromatic heterocycles. The zero-order chi connectivity index (χ0) is 21.5. The number of nitrogens with zero attached hydrogens (tertiary/aromatic N) is 3. The van der Waals surface area contributed by atoms with Crippen molar-refractivity contribution in [2.75, 3.05) is 12.4 Å². The van der Waals surface area contributed by atoms with Gasteiger partial charge in [0.15, 0.2) is 0 Å². The van der Waals surface area contributed by atoms with Crippen LogP contribution in [-0.2, 0) is 6.42 Å². The van der Waals surface area contributed by atoms with Crippen molar-refractivity contribution in [3.63, 3.8) is 0 Å². The van der Waals surface area contributed by atoms with Gasteiger partial charge >= 0.3 is 0 Å². The fourth-order valence-electron chi connectivity index (χ4n) is 4.94. The van der Waals surface area contributed by atoms with Crippen molar-refractivity contribution < 1.29 is 0 Å². The molecule has 0 fully saturated rings. The van der Waals surface area contributed by atoms with Crippen LogP contribution in [-0.4, -0.2) is 22.7 Å². The molecule has 158 valence electrons. The van der Waals surface area contributed by atoms with Crippen LogP contribution in [0.4, 0.5) is 11.5 Å². The molecule has 1 unspecified atom stereocenters. The smallest absolute Gasteiger partial charge is 0.130 e. The minimum atomic E-state index is 0.377. The van der Waals surface area contributed by atoms with E-state index in [1.807, 2.05) is 13.2 Å². The Labute approximate surface area is 184 Å². The van der Waals surface area contributed by atoms with Crippen LogP contribution >= 0.6 is 0 Å². The second-order valence-corrected chi connectivity index (χ2v) is 8.86. The Morgan fingerprint density at radius 3 is 2.84 bits per heavy atom. The average Bonchev–Trinajstić information content (AvgIpc) is 3.33. The largest absolute Gasteiger partial charge is 0.391 e. The van der Waals surface area contributed by atoms with Gasteiger partial charge in [-0.15, -0.1) is 0 Å². The summed E-state index contributed by atoms with van der Waals surface area (Å²) in [6.07, 6.45) is 11.5. The number of fused-ring (bicyclic) bond motifs is 2. The molecule has 0 amide bonds. The van der Waals surface area contributed by atoms with Crippen molar-refractivity contribution in [3.8, 4) is 0 Å².